The van der Waals surface area contributed by atoms with E-state index < -0.39 is 0 Å². The fourth-order valence-corrected chi connectivity index (χ4v) is 5.17. The fourth-order valence-electron chi connectivity index (χ4n) is 3.85. The molecule has 0 aliphatic heterocycles. The Hall–Kier alpha value is -0.770. The van der Waals surface area contributed by atoms with E-state index in [1.54, 1.807) is 22.4 Å². The van der Waals surface area contributed by atoms with E-state index in [1.165, 1.54) is 89.9 Å². The number of thioether (sulfide) groups is 1. The minimum absolute atomic E-state index is 0.180. The number of aromatic hydroxyl groups is 2. The molecule has 0 unspecified atom stereocenters. The van der Waals surface area contributed by atoms with E-state index in [1.807, 2.05) is 6.92 Å². The molecule has 1 saturated carbocycles. The van der Waals surface area contributed by atoms with Gasteiger partial charge in [-0.05, 0) is 19.8 Å². The lowest BCUT2D eigenvalue weighted by Crippen LogP contribution is -2.03. The average Bonchev–Trinajstić information content (AvgIpc) is 2.86. The van der Waals surface area contributed by atoms with Crippen LogP contribution in [0.1, 0.15) is 96.8 Å². The van der Waals surface area contributed by atoms with Crippen LogP contribution in [0.3, 0.4) is 0 Å². The van der Waals surface area contributed by atoms with Gasteiger partial charge in [-0.3, -0.25) is 4.57 Å². The Labute approximate surface area is 158 Å². The van der Waals surface area contributed by atoms with Crippen molar-refractivity contribution in [3.05, 3.63) is 6.07 Å². The van der Waals surface area contributed by atoms with Crippen LogP contribution >= 0.6 is 11.8 Å². The van der Waals surface area contributed by atoms with Crippen LogP contribution < -0.4 is 0 Å². The van der Waals surface area contributed by atoms with Crippen LogP contribution in [0.2, 0.25) is 0 Å². The van der Waals surface area contributed by atoms with Crippen molar-refractivity contribution >= 4 is 11.8 Å². The molecule has 1 aliphatic carbocycles. The van der Waals surface area contributed by atoms with Crippen molar-refractivity contribution in [3.8, 4) is 11.8 Å². The van der Waals surface area contributed by atoms with Crippen LogP contribution in [-0.2, 0) is 6.54 Å². The van der Waals surface area contributed by atoms with Gasteiger partial charge in [0.2, 0.25) is 5.88 Å². The van der Waals surface area contributed by atoms with Gasteiger partial charge in [0.25, 0.3) is 0 Å². The van der Waals surface area contributed by atoms with Gasteiger partial charge in [0.1, 0.15) is 0 Å². The number of nitrogens with zero attached hydrogens (tertiary/aromatic N) is 1. The largest absolute Gasteiger partial charge is 0.494 e. The Morgan fingerprint density at radius 1 is 0.840 bits per heavy atom. The molecular formula is C21H37NO2S. The zero-order chi connectivity index (χ0) is 17.9. The summed E-state index contributed by atoms with van der Waals surface area (Å²) in [6.45, 7) is 2.54. The molecule has 0 spiro atoms. The number of hydrogen-bond acceptors (Lipinski definition) is 3. The maximum absolute atomic E-state index is 10.3. The van der Waals surface area contributed by atoms with E-state index >= 15 is 0 Å². The molecular weight excluding hydrogens is 330 g/mol. The van der Waals surface area contributed by atoms with E-state index in [2.05, 4.69) is 0 Å². The molecule has 0 atom stereocenters. The summed E-state index contributed by atoms with van der Waals surface area (Å²) in [5.41, 5.74) is 0. The first kappa shape index (κ1) is 20.5. The smallest absolute Gasteiger partial charge is 0.208 e. The number of aromatic nitrogens is 1. The molecule has 1 aromatic heterocycles. The van der Waals surface area contributed by atoms with E-state index in [0.717, 1.165) is 4.90 Å². The lowest BCUT2D eigenvalue weighted by Gasteiger charge is -2.16. The molecule has 1 heterocycles. The van der Waals surface area contributed by atoms with Crippen molar-refractivity contribution in [1.82, 2.24) is 4.57 Å². The second-order valence-corrected chi connectivity index (χ2v) is 8.84. The summed E-state index contributed by atoms with van der Waals surface area (Å²) in [7, 11) is 0. The standard InChI is InChI=1S/C21H37NO2S/c1-2-22-20(23)17-19(21(22)24)25-18-15-13-11-9-7-5-3-4-6-8-10-12-14-16-18/h17-18,23-24H,2-16H2,1H3. The highest BCUT2D eigenvalue weighted by Crippen LogP contribution is 2.40. The zero-order valence-corrected chi connectivity index (χ0v) is 16.8. The van der Waals surface area contributed by atoms with Crippen molar-refractivity contribution in [2.45, 2.75) is 114 Å². The highest BCUT2D eigenvalue weighted by atomic mass is 32.2. The lowest BCUT2D eigenvalue weighted by molar-refractivity contribution is 0.369. The first-order valence-electron chi connectivity index (χ1n) is 10.5. The maximum atomic E-state index is 10.3. The Morgan fingerprint density at radius 3 is 1.68 bits per heavy atom. The van der Waals surface area contributed by atoms with Crippen molar-refractivity contribution in [3.63, 3.8) is 0 Å². The quantitative estimate of drug-likeness (QED) is 0.613. The first-order valence-corrected chi connectivity index (χ1v) is 11.4. The summed E-state index contributed by atoms with van der Waals surface area (Å²) in [5.74, 6) is 0.417. The molecule has 3 nitrogen and oxygen atoms in total. The molecule has 0 amide bonds. The average molecular weight is 368 g/mol. The monoisotopic (exact) mass is 367 g/mol. The number of rotatable bonds is 3. The summed E-state index contributed by atoms with van der Waals surface area (Å²) >= 11 is 1.77. The summed E-state index contributed by atoms with van der Waals surface area (Å²) < 4.78 is 1.58. The summed E-state index contributed by atoms with van der Waals surface area (Å²) in [6.07, 6.45) is 18.9. The van der Waals surface area contributed by atoms with Gasteiger partial charge < -0.3 is 10.2 Å². The van der Waals surface area contributed by atoms with Crippen molar-refractivity contribution in [2.75, 3.05) is 0 Å². The Bertz CT molecular complexity index is 470. The highest BCUT2D eigenvalue weighted by molar-refractivity contribution is 8.00. The molecule has 1 aliphatic rings. The summed E-state index contributed by atoms with van der Waals surface area (Å²) in [5, 5.41) is 20.9. The maximum Gasteiger partial charge on any atom is 0.208 e. The van der Waals surface area contributed by atoms with Gasteiger partial charge >= 0.3 is 0 Å². The van der Waals surface area contributed by atoms with Crippen molar-refractivity contribution < 1.29 is 10.2 Å². The van der Waals surface area contributed by atoms with Crippen LogP contribution in [0.25, 0.3) is 0 Å². The molecule has 1 fully saturated rings. The number of hydrogen-bond donors (Lipinski definition) is 2. The second-order valence-electron chi connectivity index (χ2n) is 7.49. The molecule has 2 N–H and O–H groups in total. The van der Waals surface area contributed by atoms with Crippen LogP contribution in [-0.4, -0.2) is 20.0 Å². The van der Waals surface area contributed by atoms with E-state index in [0.29, 0.717) is 11.8 Å². The Balaban J connectivity index is 1.90. The third-order valence-corrected chi connectivity index (χ3v) is 6.78. The summed E-state index contributed by atoms with van der Waals surface area (Å²) in [6, 6.07) is 1.74. The minimum atomic E-state index is 0.180. The molecule has 0 aromatic carbocycles. The van der Waals surface area contributed by atoms with Crippen molar-refractivity contribution in [2.24, 2.45) is 0 Å². The first-order chi connectivity index (χ1) is 12.2. The zero-order valence-electron chi connectivity index (χ0n) is 16.0. The van der Waals surface area contributed by atoms with Gasteiger partial charge in [-0.15, -0.1) is 11.8 Å². The molecule has 0 radical (unpaired) electrons. The molecule has 25 heavy (non-hydrogen) atoms. The molecule has 0 saturated heterocycles. The Kier molecular flexibility index (Phi) is 9.67. The molecule has 1 aromatic rings. The normalized spacial score (nSPS) is 20.0. The van der Waals surface area contributed by atoms with Crippen LogP contribution in [0.4, 0.5) is 0 Å². The van der Waals surface area contributed by atoms with Gasteiger partial charge in [-0.2, -0.15) is 0 Å². The molecule has 144 valence electrons. The van der Waals surface area contributed by atoms with Gasteiger partial charge in [0, 0.05) is 17.9 Å². The lowest BCUT2D eigenvalue weighted by atomic mass is 10.0. The Morgan fingerprint density at radius 2 is 1.28 bits per heavy atom. The fraction of sp³-hybridized carbons (Fsp3) is 0.810. The van der Waals surface area contributed by atoms with Crippen molar-refractivity contribution in [1.29, 1.82) is 0 Å². The van der Waals surface area contributed by atoms with E-state index in [4.69, 9.17) is 0 Å². The van der Waals surface area contributed by atoms with Gasteiger partial charge in [0.05, 0.1) is 4.90 Å². The van der Waals surface area contributed by atoms with Crippen LogP contribution in [0.15, 0.2) is 11.0 Å². The summed E-state index contributed by atoms with van der Waals surface area (Å²) in [4.78, 5) is 0.849. The highest BCUT2D eigenvalue weighted by Gasteiger charge is 2.18. The third-order valence-electron chi connectivity index (χ3n) is 5.42. The minimum Gasteiger partial charge on any atom is -0.494 e. The predicted octanol–water partition coefficient (Wildman–Crippen LogP) is 6.85. The molecule has 2 rings (SSSR count). The second kappa shape index (κ2) is 11.8. The van der Waals surface area contributed by atoms with Crippen LogP contribution in [0.5, 0.6) is 11.8 Å². The van der Waals surface area contributed by atoms with Gasteiger partial charge in [-0.25, -0.2) is 0 Å². The molecule has 4 heteroatoms. The van der Waals surface area contributed by atoms with Gasteiger partial charge in [-0.1, -0.05) is 77.0 Å². The SMILES string of the molecule is CCn1c(O)cc(SC2CCCCCCCCCCCCCC2)c1O. The topological polar surface area (TPSA) is 45.4 Å². The van der Waals surface area contributed by atoms with E-state index in [-0.39, 0.29) is 11.8 Å². The third kappa shape index (κ3) is 7.16. The molecule has 0 bridgehead atoms. The predicted molar refractivity (Wildman–Crippen MR) is 108 cm³/mol. The van der Waals surface area contributed by atoms with Gasteiger partial charge in [0.15, 0.2) is 5.88 Å². The van der Waals surface area contributed by atoms with Crippen LogP contribution in [0, 0.1) is 0 Å². The van der Waals surface area contributed by atoms with E-state index in [9.17, 15) is 10.2 Å².